The molecule has 2 nitrogen and oxygen atoms in total. The van der Waals surface area contributed by atoms with Crippen LogP contribution in [0.2, 0.25) is 5.02 Å². The molecule has 0 saturated heterocycles. The van der Waals surface area contributed by atoms with Crippen molar-refractivity contribution in [3.63, 3.8) is 0 Å². The first kappa shape index (κ1) is 13.9. The molecule has 0 amide bonds. The third kappa shape index (κ3) is 3.09. The van der Waals surface area contributed by atoms with Gasteiger partial charge in [-0.25, -0.2) is 0 Å². The van der Waals surface area contributed by atoms with Crippen molar-refractivity contribution in [3.05, 3.63) is 56.5 Å². The van der Waals surface area contributed by atoms with Crippen molar-refractivity contribution in [1.82, 2.24) is 0 Å². The lowest BCUT2D eigenvalue weighted by Gasteiger charge is -2.14. The normalized spacial score (nSPS) is 10.1. The highest BCUT2D eigenvalue weighted by atomic mass is 79.9. The van der Waals surface area contributed by atoms with Crippen molar-refractivity contribution in [1.29, 1.82) is 5.26 Å². The molecule has 4 heteroatoms. The minimum absolute atomic E-state index is 0.542. The highest BCUT2D eigenvalue weighted by Crippen LogP contribution is 2.31. The summed E-state index contributed by atoms with van der Waals surface area (Å²) in [7, 11) is 0. The molecular formula is C15H12BrClN2. The summed E-state index contributed by atoms with van der Waals surface area (Å²) >= 11 is 9.65. The number of halogens is 2. The van der Waals surface area contributed by atoms with Gasteiger partial charge in [0.25, 0.3) is 0 Å². The Morgan fingerprint density at radius 1 is 1.16 bits per heavy atom. The third-order valence-electron chi connectivity index (χ3n) is 2.86. The molecule has 0 heterocycles. The van der Waals surface area contributed by atoms with Crippen molar-refractivity contribution in [2.24, 2.45) is 0 Å². The molecule has 2 aromatic rings. The molecule has 0 radical (unpaired) electrons. The monoisotopic (exact) mass is 334 g/mol. The predicted molar refractivity (Wildman–Crippen MR) is 83.1 cm³/mol. The lowest BCUT2D eigenvalue weighted by atomic mass is 10.1. The quantitative estimate of drug-likeness (QED) is 0.804. The van der Waals surface area contributed by atoms with Crippen molar-refractivity contribution in [2.75, 3.05) is 5.32 Å². The van der Waals surface area contributed by atoms with Crippen LogP contribution in [0.25, 0.3) is 0 Å². The number of anilines is 2. The van der Waals surface area contributed by atoms with Gasteiger partial charge in [0, 0.05) is 10.2 Å². The van der Waals surface area contributed by atoms with Gasteiger partial charge < -0.3 is 5.32 Å². The second kappa shape index (κ2) is 5.64. The fourth-order valence-electron chi connectivity index (χ4n) is 1.93. The molecule has 96 valence electrons. The molecule has 0 unspecified atom stereocenters. The zero-order valence-corrected chi connectivity index (χ0v) is 12.9. The SMILES string of the molecule is Cc1cc(Br)cc(C)c1Nc1ccc(C#N)cc1Cl. The lowest BCUT2D eigenvalue weighted by Crippen LogP contribution is -1.97. The van der Waals surface area contributed by atoms with Gasteiger partial charge in [0.05, 0.1) is 22.3 Å². The highest BCUT2D eigenvalue weighted by Gasteiger charge is 2.07. The van der Waals surface area contributed by atoms with Gasteiger partial charge in [-0.1, -0.05) is 27.5 Å². The first-order valence-electron chi connectivity index (χ1n) is 5.74. The maximum absolute atomic E-state index is 8.83. The van der Waals surface area contributed by atoms with Gasteiger partial charge in [0.2, 0.25) is 0 Å². The van der Waals surface area contributed by atoms with Gasteiger partial charge in [-0.3, -0.25) is 0 Å². The lowest BCUT2D eigenvalue weighted by molar-refractivity contribution is 1.34. The zero-order chi connectivity index (χ0) is 14.0. The average Bonchev–Trinajstić information content (AvgIpc) is 2.35. The number of nitriles is 1. The molecule has 0 aliphatic rings. The van der Waals surface area contributed by atoms with Gasteiger partial charge in [0.1, 0.15) is 0 Å². The number of benzene rings is 2. The number of aryl methyl sites for hydroxylation is 2. The Balaban J connectivity index is 2.40. The largest absolute Gasteiger partial charge is 0.354 e. The van der Waals surface area contributed by atoms with E-state index in [1.165, 1.54) is 0 Å². The smallest absolute Gasteiger partial charge is 0.0992 e. The van der Waals surface area contributed by atoms with E-state index < -0.39 is 0 Å². The summed E-state index contributed by atoms with van der Waals surface area (Å²) in [6.45, 7) is 4.08. The third-order valence-corrected chi connectivity index (χ3v) is 3.63. The van der Waals surface area contributed by atoms with E-state index in [-0.39, 0.29) is 0 Å². The molecule has 0 fully saturated rings. The van der Waals surface area contributed by atoms with Crippen molar-refractivity contribution in [3.8, 4) is 6.07 Å². The maximum atomic E-state index is 8.83. The highest BCUT2D eigenvalue weighted by molar-refractivity contribution is 9.10. The molecule has 0 aliphatic heterocycles. The van der Waals surface area contributed by atoms with Crippen LogP contribution >= 0.6 is 27.5 Å². The Labute approximate surface area is 126 Å². The van der Waals surface area contributed by atoms with Crippen LogP contribution in [0.4, 0.5) is 11.4 Å². The van der Waals surface area contributed by atoms with E-state index in [9.17, 15) is 0 Å². The van der Waals surface area contributed by atoms with Gasteiger partial charge in [-0.15, -0.1) is 0 Å². The molecule has 1 N–H and O–H groups in total. The van der Waals surface area contributed by atoms with Crippen LogP contribution < -0.4 is 5.32 Å². The Hall–Kier alpha value is -1.50. The second-order valence-corrected chi connectivity index (χ2v) is 5.67. The summed E-state index contributed by atoms with van der Waals surface area (Å²) in [6, 6.07) is 11.4. The Kier molecular flexibility index (Phi) is 4.14. The number of rotatable bonds is 2. The molecule has 0 bridgehead atoms. The summed E-state index contributed by atoms with van der Waals surface area (Å²) in [6.07, 6.45) is 0. The number of hydrogen-bond acceptors (Lipinski definition) is 2. The number of nitrogens with zero attached hydrogens (tertiary/aromatic N) is 1. The number of nitrogens with one attached hydrogen (secondary N) is 1. The van der Waals surface area contributed by atoms with Crippen molar-refractivity contribution < 1.29 is 0 Å². The van der Waals surface area contributed by atoms with Crippen LogP contribution in [0.5, 0.6) is 0 Å². The summed E-state index contributed by atoms with van der Waals surface area (Å²) in [5.41, 5.74) is 4.66. The molecule has 19 heavy (non-hydrogen) atoms. The molecule has 0 atom stereocenters. The Bertz CT molecular complexity index is 651. The van der Waals surface area contributed by atoms with E-state index in [1.807, 2.05) is 32.0 Å². The van der Waals surface area contributed by atoms with E-state index >= 15 is 0 Å². The molecule has 0 aromatic heterocycles. The van der Waals surface area contributed by atoms with Gasteiger partial charge in [-0.05, 0) is 55.3 Å². The van der Waals surface area contributed by atoms with Crippen LogP contribution in [0.1, 0.15) is 16.7 Å². The summed E-state index contributed by atoms with van der Waals surface area (Å²) in [5, 5.41) is 12.7. The Morgan fingerprint density at radius 3 is 2.32 bits per heavy atom. The van der Waals surface area contributed by atoms with Crippen LogP contribution in [0, 0.1) is 25.2 Å². The summed E-state index contributed by atoms with van der Waals surface area (Å²) in [5.74, 6) is 0. The molecule has 0 saturated carbocycles. The van der Waals surface area contributed by atoms with E-state index in [2.05, 4.69) is 27.3 Å². The van der Waals surface area contributed by atoms with E-state index in [4.69, 9.17) is 16.9 Å². The topological polar surface area (TPSA) is 35.8 Å². The van der Waals surface area contributed by atoms with E-state index in [1.54, 1.807) is 12.1 Å². The van der Waals surface area contributed by atoms with Gasteiger partial charge >= 0.3 is 0 Å². The minimum atomic E-state index is 0.542. The van der Waals surface area contributed by atoms with E-state index in [0.717, 1.165) is 27.0 Å². The van der Waals surface area contributed by atoms with Crippen molar-refractivity contribution in [2.45, 2.75) is 13.8 Å². The predicted octanol–water partition coefficient (Wildman–Crippen LogP) is 5.33. The first-order valence-corrected chi connectivity index (χ1v) is 6.92. The molecule has 2 rings (SSSR count). The molecular weight excluding hydrogens is 324 g/mol. The average molecular weight is 336 g/mol. The first-order chi connectivity index (χ1) is 9.01. The maximum Gasteiger partial charge on any atom is 0.0992 e. The summed E-state index contributed by atoms with van der Waals surface area (Å²) < 4.78 is 1.05. The van der Waals surface area contributed by atoms with Gasteiger partial charge in [0.15, 0.2) is 0 Å². The second-order valence-electron chi connectivity index (χ2n) is 4.35. The van der Waals surface area contributed by atoms with Crippen LogP contribution in [0.3, 0.4) is 0 Å². The molecule has 2 aromatic carbocycles. The standard InChI is InChI=1S/C15H12BrClN2/c1-9-5-12(16)6-10(2)15(9)19-14-4-3-11(8-18)7-13(14)17/h3-7,19H,1-2H3. The summed E-state index contributed by atoms with van der Waals surface area (Å²) in [4.78, 5) is 0. The van der Waals surface area contributed by atoms with Gasteiger partial charge in [-0.2, -0.15) is 5.26 Å². The fraction of sp³-hybridized carbons (Fsp3) is 0.133. The molecule has 0 aliphatic carbocycles. The molecule has 0 spiro atoms. The van der Waals surface area contributed by atoms with Crippen molar-refractivity contribution >= 4 is 38.9 Å². The number of hydrogen-bond donors (Lipinski definition) is 1. The van der Waals surface area contributed by atoms with Crippen LogP contribution in [-0.4, -0.2) is 0 Å². The van der Waals surface area contributed by atoms with E-state index in [0.29, 0.717) is 10.6 Å². The van der Waals surface area contributed by atoms with Crippen LogP contribution in [0.15, 0.2) is 34.8 Å². The van der Waals surface area contributed by atoms with Crippen LogP contribution in [-0.2, 0) is 0 Å². The minimum Gasteiger partial charge on any atom is -0.354 e. The fourth-order valence-corrected chi connectivity index (χ4v) is 2.84. The zero-order valence-electron chi connectivity index (χ0n) is 10.6. The Morgan fingerprint density at radius 2 is 1.79 bits per heavy atom.